The van der Waals surface area contributed by atoms with E-state index in [1.54, 1.807) is 0 Å². The SMILES string of the molecule is Cc1nccc(C2CNC2)n1.Cl.Cl. The second-order valence-corrected chi connectivity index (χ2v) is 2.88. The highest BCUT2D eigenvalue weighted by Gasteiger charge is 2.19. The largest absolute Gasteiger partial charge is 0.315 e. The van der Waals surface area contributed by atoms with Gasteiger partial charge in [-0.15, -0.1) is 24.8 Å². The highest BCUT2D eigenvalue weighted by molar-refractivity contribution is 5.85. The third-order valence-corrected chi connectivity index (χ3v) is 2.00. The minimum absolute atomic E-state index is 0. The molecule has 0 unspecified atom stereocenters. The van der Waals surface area contributed by atoms with Crippen molar-refractivity contribution in [2.24, 2.45) is 0 Å². The zero-order valence-electron chi connectivity index (χ0n) is 7.36. The van der Waals surface area contributed by atoms with E-state index in [-0.39, 0.29) is 24.8 Å². The molecule has 5 heteroatoms. The summed E-state index contributed by atoms with van der Waals surface area (Å²) in [6, 6.07) is 2.00. The number of nitrogens with one attached hydrogen (secondary N) is 1. The summed E-state index contributed by atoms with van der Waals surface area (Å²) in [6.07, 6.45) is 1.83. The van der Waals surface area contributed by atoms with Crippen LogP contribution in [0.3, 0.4) is 0 Å². The number of rotatable bonds is 1. The highest BCUT2D eigenvalue weighted by Crippen LogP contribution is 2.16. The Bertz CT molecular complexity index is 263. The van der Waals surface area contributed by atoms with Crippen LogP contribution >= 0.6 is 24.8 Å². The highest BCUT2D eigenvalue weighted by atomic mass is 35.5. The van der Waals surface area contributed by atoms with Gasteiger partial charge in [0.05, 0.1) is 0 Å². The summed E-state index contributed by atoms with van der Waals surface area (Å²) >= 11 is 0. The molecule has 1 aromatic heterocycles. The maximum absolute atomic E-state index is 4.34. The minimum atomic E-state index is 0. The Kier molecular flexibility index (Phi) is 5.21. The van der Waals surface area contributed by atoms with Gasteiger partial charge in [0.25, 0.3) is 0 Å². The van der Waals surface area contributed by atoms with Crippen molar-refractivity contribution in [1.29, 1.82) is 0 Å². The standard InChI is InChI=1S/C8H11N3.2ClH/c1-6-10-3-2-8(11-6)7-4-9-5-7;;/h2-3,7,9H,4-5H2,1H3;2*1H. The van der Waals surface area contributed by atoms with Gasteiger partial charge in [-0.1, -0.05) is 0 Å². The van der Waals surface area contributed by atoms with Crippen LogP contribution in [0.5, 0.6) is 0 Å². The van der Waals surface area contributed by atoms with Gasteiger partial charge in [0.2, 0.25) is 0 Å². The molecule has 1 aromatic rings. The molecular formula is C8H13Cl2N3. The van der Waals surface area contributed by atoms with E-state index in [0.717, 1.165) is 18.9 Å². The average Bonchev–Trinajstić information content (AvgIpc) is 1.83. The van der Waals surface area contributed by atoms with Gasteiger partial charge in [0.1, 0.15) is 5.82 Å². The van der Waals surface area contributed by atoms with Crippen LogP contribution in [0.4, 0.5) is 0 Å². The fraction of sp³-hybridized carbons (Fsp3) is 0.500. The smallest absolute Gasteiger partial charge is 0.125 e. The van der Waals surface area contributed by atoms with E-state index in [0.29, 0.717) is 5.92 Å². The molecule has 0 saturated carbocycles. The van der Waals surface area contributed by atoms with Crippen LogP contribution in [0.1, 0.15) is 17.4 Å². The van der Waals surface area contributed by atoms with Crippen LogP contribution in [0.25, 0.3) is 0 Å². The lowest BCUT2D eigenvalue weighted by Gasteiger charge is -2.26. The van der Waals surface area contributed by atoms with E-state index < -0.39 is 0 Å². The number of nitrogens with zero attached hydrogens (tertiary/aromatic N) is 2. The van der Waals surface area contributed by atoms with Gasteiger partial charge in [0, 0.05) is 30.9 Å². The Morgan fingerprint density at radius 1 is 1.38 bits per heavy atom. The molecule has 2 heterocycles. The predicted molar refractivity (Wildman–Crippen MR) is 56.9 cm³/mol. The lowest BCUT2D eigenvalue weighted by atomic mass is 9.99. The van der Waals surface area contributed by atoms with E-state index in [4.69, 9.17) is 0 Å². The van der Waals surface area contributed by atoms with Crippen LogP contribution in [0, 0.1) is 6.92 Å². The molecule has 1 saturated heterocycles. The van der Waals surface area contributed by atoms with Gasteiger partial charge < -0.3 is 5.32 Å². The van der Waals surface area contributed by atoms with Crippen molar-refractivity contribution in [3.05, 3.63) is 23.8 Å². The average molecular weight is 222 g/mol. The summed E-state index contributed by atoms with van der Waals surface area (Å²) in [6.45, 7) is 4.06. The maximum Gasteiger partial charge on any atom is 0.125 e. The quantitative estimate of drug-likeness (QED) is 0.778. The van der Waals surface area contributed by atoms with Crippen LogP contribution in [0.15, 0.2) is 12.3 Å². The number of hydrogen-bond acceptors (Lipinski definition) is 3. The van der Waals surface area contributed by atoms with E-state index in [2.05, 4.69) is 15.3 Å². The van der Waals surface area contributed by atoms with Crippen molar-refractivity contribution < 1.29 is 0 Å². The van der Waals surface area contributed by atoms with E-state index in [9.17, 15) is 0 Å². The maximum atomic E-state index is 4.34. The fourth-order valence-corrected chi connectivity index (χ4v) is 1.20. The van der Waals surface area contributed by atoms with Crippen LogP contribution in [-0.2, 0) is 0 Å². The number of aryl methyl sites for hydroxylation is 1. The third-order valence-electron chi connectivity index (χ3n) is 2.00. The molecule has 1 aliphatic rings. The monoisotopic (exact) mass is 221 g/mol. The van der Waals surface area contributed by atoms with Gasteiger partial charge in [-0.3, -0.25) is 0 Å². The van der Waals surface area contributed by atoms with Crippen LogP contribution < -0.4 is 5.32 Å². The normalized spacial score (nSPS) is 15.2. The zero-order valence-corrected chi connectivity index (χ0v) is 8.99. The second kappa shape index (κ2) is 5.37. The van der Waals surface area contributed by atoms with E-state index >= 15 is 0 Å². The van der Waals surface area contributed by atoms with Gasteiger partial charge in [-0.05, 0) is 13.0 Å². The molecule has 0 spiro atoms. The van der Waals surface area contributed by atoms with Crippen molar-refractivity contribution in [2.75, 3.05) is 13.1 Å². The molecule has 3 nitrogen and oxygen atoms in total. The van der Waals surface area contributed by atoms with E-state index in [1.165, 1.54) is 5.69 Å². The molecule has 0 aliphatic carbocycles. The van der Waals surface area contributed by atoms with Crippen molar-refractivity contribution in [1.82, 2.24) is 15.3 Å². The molecule has 13 heavy (non-hydrogen) atoms. The summed E-state index contributed by atoms with van der Waals surface area (Å²) < 4.78 is 0. The van der Waals surface area contributed by atoms with Gasteiger partial charge in [-0.25, -0.2) is 9.97 Å². The van der Waals surface area contributed by atoms with Crippen molar-refractivity contribution >= 4 is 24.8 Å². The molecule has 2 rings (SSSR count). The molecule has 1 fully saturated rings. The number of aromatic nitrogens is 2. The van der Waals surface area contributed by atoms with Crippen molar-refractivity contribution in [3.8, 4) is 0 Å². The topological polar surface area (TPSA) is 37.8 Å². The molecule has 0 radical (unpaired) electrons. The molecule has 1 N–H and O–H groups in total. The summed E-state index contributed by atoms with van der Waals surface area (Å²) in [5.74, 6) is 1.49. The van der Waals surface area contributed by atoms with Gasteiger partial charge >= 0.3 is 0 Å². The summed E-state index contributed by atoms with van der Waals surface area (Å²) in [5.41, 5.74) is 1.18. The first-order chi connectivity index (χ1) is 5.36. The fourth-order valence-electron chi connectivity index (χ4n) is 1.20. The first-order valence-electron chi connectivity index (χ1n) is 3.86. The molecule has 74 valence electrons. The summed E-state index contributed by atoms with van der Waals surface area (Å²) in [5, 5.41) is 3.22. The molecular weight excluding hydrogens is 209 g/mol. The molecule has 0 bridgehead atoms. The Labute approximate surface area is 90.2 Å². The molecule has 1 aliphatic heterocycles. The number of halogens is 2. The Morgan fingerprint density at radius 2 is 2.08 bits per heavy atom. The number of hydrogen-bond donors (Lipinski definition) is 1. The van der Waals surface area contributed by atoms with Crippen molar-refractivity contribution in [2.45, 2.75) is 12.8 Å². The Balaban J connectivity index is 0.000000720. The lowest BCUT2D eigenvalue weighted by Crippen LogP contribution is -2.40. The predicted octanol–water partition coefficient (Wildman–Crippen LogP) is 1.32. The minimum Gasteiger partial charge on any atom is -0.315 e. The second-order valence-electron chi connectivity index (χ2n) is 2.88. The first kappa shape index (κ1) is 12.6. The van der Waals surface area contributed by atoms with Gasteiger partial charge in [0.15, 0.2) is 0 Å². The first-order valence-corrected chi connectivity index (χ1v) is 3.86. The van der Waals surface area contributed by atoms with E-state index in [1.807, 2.05) is 19.2 Å². The summed E-state index contributed by atoms with van der Waals surface area (Å²) in [4.78, 5) is 8.39. The molecule has 0 aromatic carbocycles. The van der Waals surface area contributed by atoms with Gasteiger partial charge in [-0.2, -0.15) is 0 Å². The summed E-state index contributed by atoms with van der Waals surface area (Å²) in [7, 11) is 0. The molecule has 0 atom stereocenters. The molecule has 0 amide bonds. The third kappa shape index (κ3) is 2.79. The zero-order chi connectivity index (χ0) is 7.68. The Hall–Kier alpha value is -0.380. The van der Waals surface area contributed by atoms with Crippen LogP contribution in [0.2, 0.25) is 0 Å². The van der Waals surface area contributed by atoms with Crippen LogP contribution in [-0.4, -0.2) is 23.1 Å². The van der Waals surface area contributed by atoms with Crippen molar-refractivity contribution in [3.63, 3.8) is 0 Å². The lowest BCUT2D eigenvalue weighted by molar-refractivity contribution is 0.438. The Morgan fingerprint density at radius 3 is 2.54 bits per heavy atom.